The summed E-state index contributed by atoms with van der Waals surface area (Å²) in [7, 11) is -5.70. The Balaban J connectivity index is 1.13. The summed E-state index contributed by atoms with van der Waals surface area (Å²) in [6, 6.07) is 74.4. The van der Waals surface area contributed by atoms with Crippen molar-refractivity contribution < 1.29 is 9.47 Å². The lowest BCUT2D eigenvalue weighted by molar-refractivity contribution is 0.488. The van der Waals surface area contributed by atoms with Crippen molar-refractivity contribution in [3.05, 3.63) is 236 Å². The summed E-state index contributed by atoms with van der Waals surface area (Å²) in [6.07, 6.45) is 10.1. The molecule has 0 N–H and O–H groups in total. The van der Waals surface area contributed by atoms with Crippen LogP contribution in [-0.4, -0.2) is 26.1 Å². The Morgan fingerprint density at radius 3 is 1.55 bits per heavy atom. The van der Waals surface area contributed by atoms with E-state index in [2.05, 4.69) is 237 Å². The van der Waals surface area contributed by atoms with Gasteiger partial charge in [-0.3, -0.25) is 0 Å². The van der Waals surface area contributed by atoms with E-state index in [4.69, 9.17) is 19.4 Å². The summed E-state index contributed by atoms with van der Waals surface area (Å²) in [5, 5.41) is 8.92. The largest absolute Gasteiger partial charge is 0.457 e. The van der Waals surface area contributed by atoms with Gasteiger partial charge < -0.3 is 9.47 Å². The molecule has 65 heavy (non-hydrogen) atoms. The number of ether oxygens (including phenoxy) is 2. The third kappa shape index (κ3) is 6.09. The molecular weight excluding hydrogens is 825 g/mol. The van der Waals surface area contributed by atoms with Crippen LogP contribution in [0.15, 0.2) is 231 Å². The number of allylic oxidation sites excluding steroid dienone is 4. The number of aryl methyl sites for hydroxylation is 1. The first kappa shape index (κ1) is 39.0. The lowest BCUT2D eigenvalue weighted by Crippen LogP contribution is -2.76. The molecule has 0 radical (unpaired) electrons. The molecule has 3 aliphatic rings. The molecule has 6 heteroatoms. The number of benzene rings is 8. The smallest absolute Gasteiger partial charge is 0.188 e. The molecule has 4 nitrogen and oxygen atoms in total. The monoisotopic (exact) mass is 868 g/mol. The minimum Gasteiger partial charge on any atom is -0.457 e. The quantitative estimate of drug-likeness (QED) is 0.150. The molecule has 0 amide bonds. The zero-order valence-corrected chi connectivity index (χ0v) is 37.9. The molecule has 2 aliphatic heterocycles. The second kappa shape index (κ2) is 15.9. The molecular formula is C59H44N2O2Si2. The molecule has 3 heterocycles. The first-order chi connectivity index (χ1) is 32.2. The van der Waals surface area contributed by atoms with E-state index in [-0.39, 0.29) is 5.54 Å². The Hall–Kier alpha value is -7.65. The number of rotatable bonds is 7. The van der Waals surface area contributed by atoms with E-state index >= 15 is 0 Å². The normalized spacial score (nSPS) is 17.4. The molecule has 1 aliphatic carbocycles. The minimum absolute atomic E-state index is 0.270. The van der Waals surface area contributed by atoms with Gasteiger partial charge in [-0.2, -0.15) is 0 Å². The van der Waals surface area contributed by atoms with E-state index in [1.807, 2.05) is 0 Å². The van der Waals surface area contributed by atoms with E-state index in [1.165, 1.54) is 36.3 Å². The fourth-order valence-electron chi connectivity index (χ4n) is 10.9. The summed E-state index contributed by atoms with van der Waals surface area (Å²) >= 11 is 0. The van der Waals surface area contributed by atoms with Gasteiger partial charge in [-0.15, -0.1) is 0 Å². The predicted molar refractivity (Wildman–Crippen MR) is 271 cm³/mol. The Morgan fingerprint density at radius 1 is 0.446 bits per heavy atom. The maximum Gasteiger partial charge on any atom is 0.188 e. The lowest BCUT2D eigenvalue weighted by Gasteiger charge is -2.44. The molecule has 2 atom stereocenters. The molecule has 8 aromatic carbocycles. The summed E-state index contributed by atoms with van der Waals surface area (Å²) in [5.41, 5.74) is 5.79. The van der Waals surface area contributed by atoms with Crippen LogP contribution in [0.1, 0.15) is 12.0 Å². The standard InChI is InChI=1S/C59H44N2O2Si2/c1-41-22-14-15-31-46(41)59-60-49(47-32-20-38-55-57(47)62-51-34-16-18-36-53(51)64(55,42-23-6-2-7-24-42)43-25-8-3-9-26-43)40-50(61-59)48-33-21-39-56-58(48)63-52-35-17-19-37-54(52)65(56,44-27-10-4-11-28-44)45-29-12-5-13-30-45/h2-29,31-40,45H,30H2,1H3. The average molecular weight is 869 g/mol. The van der Waals surface area contributed by atoms with Crippen molar-refractivity contribution in [2.75, 3.05) is 0 Å². The van der Waals surface area contributed by atoms with Crippen molar-refractivity contribution in [1.29, 1.82) is 0 Å². The molecule has 9 aromatic rings. The second-order valence-corrected chi connectivity index (χ2v) is 24.9. The highest BCUT2D eigenvalue weighted by molar-refractivity contribution is 7.21. The third-order valence-corrected chi connectivity index (χ3v) is 23.8. The van der Waals surface area contributed by atoms with E-state index in [0.717, 1.165) is 63.1 Å². The van der Waals surface area contributed by atoms with Crippen LogP contribution < -0.4 is 45.8 Å². The summed E-state index contributed by atoms with van der Waals surface area (Å²) < 4.78 is 14.4. The van der Waals surface area contributed by atoms with Gasteiger partial charge in [0, 0.05) is 16.7 Å². The van der Waals surface area contributed by atoms with E-state index < -0.39 is 16.1 Å². The molecule has 0 bridgehead atoms. The average Bonchev–Trinajstić information content (AvgIpc) is 3.38. The van der Waals surface area contributed by atoms with Gasteiger partial charge >= 0.3 is 0 Å². The highest BCUT2D eigenvalue weighted by Crippen LogP contribution is 2.44. The summed E-state index contributed by atoms with van der Waals surface area (Å²) in [5.74, 6) is 4.13. The van der Waals surface area contributed by atoms with Gasteiger partial charge in [-0.1, -0.05) is 200 Å². The predicted octanol–water partition coefficient (Wildman–Crippen LogP) is 9.73. The lowest BCUT2D eigenvalue weighted by atomic mass is 10.0. The molecule has 0 spiro atoms. The van der Waals surface area contributed by atoms with E-state index in [0.29, 0.717) is 5.82 Å². The summed E-state index contributed by atoms with van der Waals surface area (Å²) in [6.45, 7) is 2.13. The molecule has 0 saturated carbocycles. The Labute approximate surface area is 381 Å². The zero-order chi connectivity index (χ0) is 43.4. The first-order valence-electron chi connectivity index (χ1n) is 22.4. The van der Waals surface area contributed by atoms with Crippen LogP contribution in [0.2, 0.25) is 5.54 Å². The van der Waals surface area contributed by atoms with Gasteiger partial charge in [-0.05, 0) is 91.1 Å². The Morgan fingerprint density at radius 2 is 0.938 bits per heavy atom. The number of hydrogen-bond acceptors (Lipinski definition) is 4. The number of para-hydroxylation sites is 4. The minimum atomic E-state index is -2.92. The van der Waals surface area contributed by atoms with Crippen LogP contribution in [0.25, 0.3) is 33.9 Å². The van der Waals surface area contributed by atoms with Gasteiger partial charge in [0.25, 0.3) is 0 Å². The van der Waals surface area contributed by atoms with Crippen LogP contribution in [0.4, 0.5) is 0 Å². The van der Waals surface area contributed by atoms with Gasteiger partial charge in [0.05, 0.1) is 11.4 Å². The SMILES string of the molecule is Cc1ccccc1-c1nc(-c2cccc3c2Oc2ccccc2[Si]3(c2ccccc2)c2ccccc2)cc(-c2cccc3c2Oc2ccccc2[Si]3(c2ccccc2)C2C=CC=CC2)n1. The highest BCUT2D eigenvalue weighted by Gasteiger charge is 2.52. The van der Waals surface area contributed by atoms with Crippen LogP contribution in [0.5, 0.6) is 23.0 Å². The maximum absolute atomic E-state index is 7.21. The van der Waals surface area contributed by atoms with Gasteiger partial charge in [0.15, 0.2) is 22.0 Å². The fourth-order valence-corrected chi connectivity index (χ4v) is 21.4. The van der Waals surface area contributed by atoms with Gasteiger partial charge in [0.1, 0.15) is 23.0 Å². The Kier molecular flexibility index (Phi) is 9.51. The van der Waals surface area contributed by atoms with Crippen LogP contribution >= 0.6 is 0 Å². The van der Waals surface area contributed by atoms with Crippen molar-refractivity contribution in [3.8, 4) is 56.9 Å². The Bertz CT molecular complexity index is 3290. The molecule has 0 saturated heterocycles. The van der Waals surface area contributed by atoms with Crippen molar-refractivity contribution in [1.82, 2.24) is 9.97 Å². The van der Waals surface area contributed by atoms with Crippen LogP contribution in [0, 0.1) is 6.92 Å². The van der Waals surface area contributed by atoms with Crippen LogP contribution in [-0.2, 0) is 0 Å². The van der Waals surface area contributed by atoms with E-state index in [9.17, 15) is 0 Å². The topological polar surface area (TPSA) is 44.2 Å². The number of nitrogens with zero attached hydrogens (tertiary/aromatic N) is 2. The van der Waals surface area contributed by atoms with Crippen LogP contribution in [0.3, 0.4) is 0 Å². The molecule has 2 unspecified atom stereocenters. The van der Waals surface area contributed by atoms with Crippen molar-refractivity contribution >= 4 is 52.5 Å². The fraction of sp³-hybridized carbons (Fsp3) is 0.0508. The zero-order valence-electron chi connectivity index (χ0n) is 35.9. The highest BCUT2D eigenvalue weighted by atomic mass is 28.3. The number of hydrogen-bond donors (Lipinski definition) is 0. The second-order valence-electron chi connectivity index (χ2n) is 17.1. The number of aromatic nitrogens is 2. The number of fused-ring (bicyclic) bond motifs is 4. The van der Waals surface area contributed by atoms with E-state index in [1.54, 1.807) is 0 Å². The van der Waals surface area contributed by atoms with Gasteiger partial charge in [-0.25, -0.2) is 9.97 Å². The molecule has 0 fully saturated rings. The molecule has 1 aromatic heterocycles. The molecule has 310 valence electrons. The maximum atomic E-state index is 7.21. The first-order valence-corrected chi connectivity index (χ1v) is 26.5. The van der Waals surface area contributed by atoms with Crippen molar-refractivity contribution in [3.63, 3.8) is 0 Å². The third-order valence-electron chi connectivity index (χ3n) is 13.7. The molecule has 12 rings (SSSR count). The van der Waals surface area contributed by atoms with Crippen molar-refractivity contribution in [2.24, 2.45) is 0 Å². The summed E-state index contributed by atoms with van der Waals surface area (Å²) in [4.78, 5) is 11.0. The van der Waals surface area contributed by atoms with Crippen molar-refractivity contribution in [2.45, 2.75) is 18.9 Å². The van der Waals surface area contributed by atoms with Gasteiger partial charge in [0.2, 0.25) is 0 Å².